The van der Waals surface area contributed by atoms with Gasteiger partial charge in [-0.05, 0) is 26.8 Å². The van der Waals surface area contributed by atoms with Gasteiger partial charge in [0.15, 0.2) is 17.3 Å². The highest BCUT2D eigenvalue weighted by atomic mass is 16.5. The number of aromatic hydroxyl groups is 1. The van der Waals surface area contributed by atoms with E-state index in [1.807, 2.05) is 43.7 Å². The highest BCUT2D eigenvalue weighted by Gasteiger charge is 2.16. The topological polar surface area (TPSA) is 111 Å². The third-order valence-electron chi connectivity index (χ3n) is 4.62. The first kappa shape index (κ1) is 18.7. The molecule has 0 spiro atoms. The molecule has 0 aliphatic heterocycles. The van der Waals surface area contributed by atoms with Gasteiger partial charge in [-0.1, -0.05) is 5.16 Å². The van der Waals surface area contributed by atoms with Gasteiger partial charge in [0.05, 0.1) is 25.7 Å². The average molecular weight is 394 g/mol. The Morgan fingerprint density at radius 2 is 2.07 bits per heavy atom. The summed E-state index contributed by atoms with van der Waals surface area (Å²) in [5, 5.41) is 17.9. The van der Waals surface area contributed by atoms with Crippen molar-refractivity contribution in [2.24, 2.45) is 0 Å². The highest BCUT2D eigenvalue weighted by molar-refractivity contribution is 5.86. The quantitative estimate of drug-likeness (QED) is 0.513. The van der Waals surface area contributed by atoms with Crippen molar-refractivity contribution in [1.82, 2.24) is 24.7 Å². The van der Waals surface area contributed by atoms with Crippen molar-refractivity contribution in [3.8, 4) is 11.5 Å². The molecule has 0 aliphatic rings. The standard InChI is InChI=1S/C20H22N6O3/c1-11-8-21-16(18(27)19(11)28-4)10-26-6-5-15-17(26)20(24-13(3)23-15)22-9-14-7-12(2)29-25-14/h5-8,27H,9-10H2,1-4H3,(H,22,23,24). The molecule has 150 valence electrons. The number of aryl methyl sites for hydroxylation is 3. The minimum absolute atomic E-state index is 0.0370. The molecule has 9 heteroatoms. The van der Waals surface area contributed by atoms with Gasteiger partial charge in [-0.15, -0.1) is 0 Å². The minimum atomic E-state index is 0.0370. The van der Waals surface area contributed by atoms with E-state index in [-0.39, 0.29) is 5.75 Å². The van der Waals surface area contributed by atoms with Crippen LogP contribution in [-0.2, 0) is 13.1 Å². The van der Waals surface area contributed by atoms with Crippen LogP contribution in [0.4, 0.5) is 5.82 Å². The highest BCUT2D eigenvalue weighted by Crippen LogP contribution is 2.33. The van der Waals surface area contributed by atoms with E-state index in [2.05, 4.69) is 25.4 Å². The fraction of sp³-hybridized carbons (Fsp3) is 0.300. The molecule has 4 rings (SSSR count). The number of fused-ring (bicyclic) bond motifs is 1. The molecule has 4 aromatic rings. The molecule has 0 aliphatic carbocycles. The lowest BCUT2D eigenvalue weighted by atomic mass is 10.2. The fourth-order valence-electron chi connectivity index (χ4n) is 3.30. The monoisotopic (exact) mass is 394 g/mol. The molecule has 0 aromatic carbocycles. The SMILES string of the molecule is COc1c(C)cnc(Cn2ccc3nc(C)nc(NCc4cc(C)on4)c32)c1O. The first-order valence-corrected chi connectivity index (χ1v) is 9.17. The number of methoxy groups -OCH3 is 1. The third-order valence-corrected chi connectivity index (χ3v) is 4.62. The van der Waals surface area contributed by atoms with Gasteiger partial charge < -0.3 is 24.3 Å². The molecule has 4 heterocycles. The van der Waals surface area contributed by atoms with Crippen LogP contribution in [0.1, 0.15) is 28.5 Å². The number of anilines is 1. The predicted octanol–water partition coefficient (Wildman–Crippen LogP) is 3.11. The van der Waals surface area contributed by atoms with Gasteiger partial charge in [-0.25, -0.2) is 9.97 Å². The lowest BCUT2D eigenvalue weighted by molar-refractivity contribution is 0.365. The number of nitrogens with one attached hydrogen (secondary N) is 1. The number of hydrogen-bond acceptors (Lipinski definition) is 8. The zero-order valence-corrected chi connectivity index (χ0v) is 16.7. The number of hydrogen-bond donors (Lipinski definition) is 2. The summed E-state index contributed by atoms with van der Waals surface area (Å²) in [6, 6.07) is 3.79. The smallest absolute Gasteiger partial charge is 0.181 e. The zero-order valence-electron chi connectivity index (χ0n) is 16.7. The average Bonchev–Trinajstić information content (AvgIpc) is 3.28. The van der Waals surface area contributed by atoms with E-state index >= 15 is 0 Å². The maximum absolute atomic E-state index is 10.5. The maximum Gasteiger partial charge on any atom is 0.181 e. The Labute approximate surface area is 167 Å². The van der Waals surface area contributed by atoms with Crippen LogP contribution in [0.3, 0.4) is 0 Å². The van der Waals surface area contributed by atoms with E-state index in [0.29, 0.717) is 36.2 Å². The lowest BCUT2D eigenvalue weighted by Gasteiger charge is -2.13. The van der Waals surface area contributed by atoms with Gasteiger partial charge in [0.25, 0.3) is 0 Å². The van der Waals surface area contributed by atoms with Crippen LogP contribution in [-0.4, -0.2) is 36.9 Å². The Morgan fingerprint density at radius 1 is 1.24 bits per heavy atom. The molecule has 0 bridgehead atoms. The van der Waals surface area contributed by atoms with Crippen molar-refractivity contribution in [2.75, 3.05) is 12.4 Å². The first-order valence-electron chi connectivity index (χ1n) is 9.17. The molecule has 2 N–H and O–H groups in total. The number of ether oxygens (including phenoxy) is 1. The predicted molar refractivity (Wildman–Crippen MR) is 107 cm³/mol. The first-order chi connectivity index (χ1) is 14.0. The Hall–Kier alpha value is -3.62. The van der Waals surface area contributed by atoms with Crippen LogP contribution >= 0.6 is 0 Å². The van der Waals surface area contributed by atoms with Gasteiger partial charge in [-0.2, -0.15) is 0 Å². The molecular formula is C20H22N6O3. The van der Waals surface area contributed by atoms with E-state index < -0.39 is 0 Å². The molecule has 9 nitrogen and oxygen atoms in total. The van der Waals surface area contributed by atoms with Crippen LogP contribution in [0.5, 0.6) is 11.5 Å². The van der Waals surface area contributed by atoms with Crippen LogP contribution in [0.2, 0.25) is 0 Å². The number of nitrogens with zero attached hydrogens (tertiary/aromatic N) is 5. The minimum Gasteiger partial charge on any atom is -0.503 e. The molecule has 0 unspecified atom stereocenters. The van der Waals surface area contributed by atoms with Crippen molar-refractivity contribution in [3.05, 3.63) is 53.1 Å². The maximum atomic E-state index is 10.5. The Morgan fingerprint density at radius 3 is 2.79 bits per heavy atom. The summed E-state index contributed by atoms with van der Waals surface area (Å²) >= 11 is 0. The van der Waals surface area contributed by atoms with E-state index in [9.17, 15) is 5.11 Å². The van der Waals surface area contributed by atoms with Crippen LogP contribution in [0.15, 0.2) is 29.0 Å². The zero-order chi connectivity index (χ0) is 20.5. The third kappa shape index (κ3) is 3.58. The Kier molecular flexibility index (Phi) is 4.79. The Balaban J connectivity index is 1.70. The van der Waals surface area contributed by atoms with Crippen molar-refractivity contribution in [1.29, 1.82) is 0 Å². The van der Waals surface area contributed by atoms with Crippen molar-refractivity contribution < 1.29 is 14.4 Å². The van der Waals surface area contributed by atoms with Gasteiger partial charge in [0.2, 0.25) is 0 Å². The van der Waals surface area contributed by atoms with Gasteiger partial charge in [0.1, 0.15) is 28.5 Å². The van der Waals surface area contributed by atoms with Crippen LogP contribution in [0.25, 0.3) is 11.0 Å². The molecular weight excluding hydrogens is 372 g/mol. The van der Waals surface area contributed by atoms with Gasteiger partial charge >= 0.3 is 0 Å². The van der Waals surface area contributed by atoms with Gasteiger partial charge in [0, 0.05) is 24.0 Å². The summed E-state index contributed by atoms with van der Waals surface area (Å²) in [7, 11) is 1.53. The van der Waals surface area contributed by atoms with Crippen molar-refractivity contribution >= 4 is 16.9 Å². The summed E-state index contributed by atoms with van der Waals surface area (Å²) in [4.78, 5) is 13.5. The fourth-order valence-corrected chi connectivity index (χ4v) is 3.30. The molecule has 0 fully saturated rings. The van der Waals surface area contributed by atoms with Crippen LogP contribution in [0, 0.1) is 20.8 Å². The van der Waals surface area contributed by atoms with E-state index in [4.69, 9.17) is 9.26 Å². The summed E-state index contributed by atoms with van der Waals surface area (Å²) in [6.07, 6.45) is 3.59. The molecule has 0 amide bonds. The molecule has 4 aromatic heterocycles. The normalized spacial score (nSPS) is 11.2. The van der Waals surface area contributed by atoms with Crippen molar-refractivity contribution in [2.45, 2.75) is 33.9 Å². The second-order valence-corrected chi connectivity index (χ2v) is 6.85. The van der Waals surface area contributed by atoms with E-state index in [0.717, 1.165) is 28.1 Å². The number of pyridine rings is 1. The largest absolute Gasteiger partial charge is 0.503 e. The van der Waals surface area contributed by atoms with Crippen molar-refractivity contribution in [3.63, 3.8) is 0 Å². The molecule has 0 radical (unpaired) electrons. The van der Waals surface area contributed by atoms with E-state index in [1.165, 1.54) is 7.11 Å². The summed E-state index contributed by atoms with van der Waals surface area (Å²) < 4.78 is 12.4. The second-order valence-electron chi connectivity index (χ2n) is 6.85. The molecule has 0 atom stereocenters. The summed E-state index contributed by atoms with van der Waals surface area (Å²) in [5.41, 5.74) is 3.68. The summed E-state index contributed by atoms with van der Waals surface area (Å²) in [6.45, 7) is 6.35. The lowest BCUT2D eigenvalue weighted by Crippen LogP contribution is -2.08. The van der Waals surface area contributed by atoms with Crippen LogP contribution < -0.4 is 10.1 Å². The Bertz CT molecular complexity index is 1180. The molecule has 0 saturated carbocycles. The molecule has 0 saturated heterocycles. The van der Waals surface area contributed by atoms with Gasteiger partial charge in [-0.3, -0.25) is 4.98 Å². The second kappa shape index (κ2) is 7.42. The summed E-state index contributed by atoms with van der Waals surface area (Å²) in [5.74, 6) is 2.56. The number of aromatic nitrogens is 5. The van der Waals surface area contributed by atoms with E-state index in [1.54, 1.807) is 6.20 Å². The molecule has 29 heavy (non-hydrogen) atoms. The number of rotatable bonds is 6.